The minimum atomic E-state index is -0.0981. The number of hydrogen-bond acceptors (Lipinski definition) is 3. The fourth-order valence-electron chi connectivity index (χ4n) is 3.76. The van der Waals surface area contributed by atoms with Crippen molar-refractivity contribution in [3.63, 3.8) is 0 Å². The number of carbonyl (C=O) groups is 1. The summed E-state index contributed by atoms with van der Waals surface area (Å²) < 4.78 is 7.31. The van der Waals surface area contributed by atoms with E-state index in [4.69, 9.17) is 4.74 Å². The third-order valence-corrected chi connectivity index (χ3v) is 5.74. The summed E-state index contributed by atoms with van der Waals surface area (Å²) in [6.45, 7) is 5.45. The molecule has 0 saturated heterocycles. The molecule has 0 saturated carbocycles. The maximum Gasteiger partial charge on any atom is 0.307 e. The summed E-state index contributed by atoms with van der Waals surface area (Å²) in [4.78, 5) is 15.9. The number of aromatic nitrogens is 2. The molecule has 1 aromatic heterocycles. The molecule has 168 valence electrons. The first-order valence-corrected chi connectivity index (χ1v) is 12.4. The van der Waals surface area contributed by atoms with Gasteiger partial charge in [-0.1, -0.05) is 103 Å². The Kier molecular flexibility index (Phi) is 16.6. The van der Waals surface area contributed by atoms with Crippen LogP contribution in [0, 0.1) is 6.92 Å². The van der Waals surface area contributed by atoms with Crippen molar-refractivity contribution < 1.29 is 9.53 Å². The van der Waals surface area contributed by atoms with Crippen molar-refractivity contribution in [3.05, 3.63) is 18.2 Å². The minimum Gasteiger partial charge on any atom is -0.466 e. The summed E-state index contributed by atoms with van der Waals surface area (Å²) in [5.41, 5.74) is 0. The lowest BCUT2D eigenvalue weighted by molar-refractivity contribution is -0.144. The molecule has 0 aliphatic carbocycles. The summed E-state index contributed by atoms with van der Waals surface area (Å²) in [6, 6.07) is 0. The van der Waals surface area contributed by atoms with Crippen LogP contribution in [-0.2, 0) is 16.1 Å². The van der Waals surface area contributed by atoms with Gasteiger partial charge in [-0.25, -0.2) is 4.98 Å². The average molecular weight is 407 g/mol. The van der Waals surface area contributed by atoms with Gasteiger partial charge in [0.25, 0.3) is 0 Å². The summed E-state index contributed by atoms with van der Waals surface area (Å²) >= 11 is 0. The van der Waals surface area contributed by atoms with Crippen LogP contribution in [0.2, 0.25) is 0 Å². The van der Waals surface area contributed by atoms with Gasteiger partial charge in [-0.15, -0.1) is 0 Å². The molecule has 4 nitrogen and oxygen atoms in total. The Bertz CT molecular complexity index is 499. The van der Waals surface area contributed by atoms with Crippen molar-refractivity contribution in [2.24, 2.45) is 0 Å². The first-order valence-electron chi connectivity index (χ1n) is 12.4. The van der Waals surface area contributed by atoms with Gasteiger partial charge in [-0.05, 0) is 13.3 Å². The highest BCUT2D eigenvalue weighted by Crippen LogP contribution is 2.13. The van der Waals surface area contributed by atoms with Gasteiger partial charge in [0.2, 0.25) is 0 Å². The second-order valence-electron chi connectivity index (χ2n) is 8.44. The maximum absolute atomic E-state index is 11.8. The number of unbranched alkanes of at least 4 members (excludes halogenated alkanes) is 15. The molecule has 1 rings (SSSR count). The number of aryl methyl sites for hydroxylation is 2. The average Bonchev–Trinajstić information content (AvgIpc) is 3.13. The van der Waals surface area contributed by atoms with Crippen molar-refractivity contribution in [2.45, 2.75) is 130 Å². The maximum atomic E-state index is 11.8. The van der Waals surface area contributed by atoms with E-state index in [1.54, 1.807) is 6.20 Å². The van der Waals surface area contributed by atoms with Crippen LogP contribution in [-0.4, -0.2) is 22.1 Å². The smallest absolute Gasteiger partial charge is 0.307 e. The molecule has 0 amide bonds. The summed E-state index contributed by atoms with van der Waals surface area (Å²) in [7, 11) is 0. The molecule has 29 heavy (non-hydrogen) atoms. The lowest BCUT2D eigenvalue weighted by Crippen LogP contribution is -2.10. The van der Waals surface area contributed by atoms with E-state index in [1.807, 2.05) is 17.7 Å². The van der Waals surface area contributed by atoms with Gasteiger partial charge < -0.3 is 9.30 Å². The van der Waals surface area contributed by atoms with Gasteiger partial charge in [0.05, 0.1) is 13.0 Å². The van der Waals surface area contributed by atoms with Crippen LogP contribution in [0.3, 0.4) is 0 Å². The Morgan fingerprint density at radius 3 is 1.76 bits per heavy atom. The van der Waals surface area contributed by atoms with Gasteiger partial charge in [0.15, 0.2) is 0 Å². The third-order valence-electron chi connectivity index (χ3n) is 5.74. The van der Waals surface area contributed by atoms with E-state index >= 15 is 0 Å². The van der Waals surface area contributed by atoms with Crippen LogP contribution >= 0.6 is 0 Å². The Morgan fingerprint density at radius 1 is 0.828 bits per heavy atom. The minimum absolute atomic E-state index is 0.0981. The number of esters is 1. The molecule has 1 heterocycles. The van der Waals surface area contributed by atoms with E-state index in [1.165, 1.54) is 96.3 Å². The number of imidazole rings is 1. The van der Waals surface area contributed by atoms with Gasteiger partial charge >= 0.3 is 5.97 Å². The first kappa shape index (κ1) is 25.7. The second kappa shape index (κ2) is 18.7. The lowest BCUT2D eigenvalue weighted by Gasteiger charge is -2.07. The summed E-state index contributed by atoms with van der Waals surface area (Å²) in [6.07, 6.45) is 25.8. The lowest BCUT2D eigenvalue weighted by atomic mass is 10.0. The molecule has 0 radical (unpaired) electrons. The molecule has 0 aromatic carbocycles. The molecule has 0 spiro atoms. The Morgan fingerprint density at radius 2 is 1.31 bits per heavy atom. The van der Waals surface area contributed by atoms with Crippen molar-refractivity contribution >= 4 is 5.97 Å². The molecule has 0 aliphatic heterocycles. The topological polar surface area (TPSA) is 44.1 Å². The van der Waals surface area contributed by atoms with Gasteiger partial charge in [-0.3, -0.25) is 4.79 Å². The van der Waals surface area contributed by atoms with Gasteiger partial charge in [-0.2, -0.15) is 0 Å². The first-order chi connectivity index (χ1) is 14.2. The zero-order valence-electron chi connectivity index (χ0n) is 19.3. The normalized spacial score (nSPS) is 11.1. The molecule has 0 aliphatic rings. The highest BCUT2D eigenvalue weighted by Gasteiger charge is 2.04. The highest BCUT2D eigenvalue weighted by atomic mass is 16.5. The third kappa shape index (κ3) is 15.2. The van der Waals surface area contributed by atoms with Crippen molar-refractivity contribution in [3.8, 4) is 0 Å². The Balaban J connectivity index is 1.74. The molecule has 0 N–H and O–H groups in total. The number of carbonyl (C=O) groups excluding carboxylic acids is 1. The fraction of sp³-hybridized carbons (Fsp3) is 0.840. The van der Waals surface area contributed by atoms with E-state index in [9.17, 15) is 4.79 Å². The molecule has 0 fully saturated rings. The summed E-state index contributed by atoms with van der Waals surface area (Å²) in [5.74, 6) is 0.842. The van der Waals surface area contributed by atoms with Crippen LogP contribution in [0.15, 0.2) is 12.4 Å². The van der Waals surface area contributed by atoms with Crippen molar-refractivity contribution in [1.29, 1.82) is 0 Å². The largest absolute Gasteiger partial charge is 0.466 e. The predicted molar refractivity (Wildman–Crippen MR) is 122 cm³/mol. The Hall–Kier alpha value is -1.32. The fourth-order valence-corrected chi connectivity index (χ4v) is 3.76. The zero-order valence-corrected chi connectivity index (χ0v) is 19.3. The van der Waals surface area contributed by atoms with E-state index in [-0.39, 0.29) is 5.97 Å². The number of ether oxygens (including phenoxy) is 1. The number of hydrogen-bond donors (Lipinski definition) is 0. The van der Waals surface area contributed by atoms with Crippen LogP contribution in [0.4, 0.5) is 0 Å². The molecular weight excluding hydrogens is 360 g/mol. The SMILES string of the molecule is CCCCCCCCCCCCCCCCCCOC(=O)CCn1ccnc1C. The quantitative estimate of drug-likeness (QED) is 0.167. The molecular formula is C25H46N2O2. The Labute approximate surface area is 179 Å². The van der Waals surface area contributed by atoms with Crippen molar-refractivity contribution in [2.75, 3.05) is 6.61 Å². The molecule has 4 heteroatoms. The predicted octanol–water partition coefficient (Wildman–Crippen LogP) is 7.39. The van der Waals surface area contributed by atoms with Gasteiger partial charge in [0, 0.05) is 18.9 Å². The van der Waals surface area contributed by atoms with E-state index < -0.39 is 0 Å². The highest BCUT2D eigenvalue weighted by molar-refractivity contribution is 5.69. The van der Waals surface area contributed by atoms with Crippen molar-refractivity contribution in [1.82, 2.24) is 9.55 Å². The van der Waals surface area contributed by atoms with E-state index in [0.717, 1.165) is 12.2 Å². The second-order valence-corrected chi connectivity index (χ2v) is 8.44. The van der Waals surface area contributed by atoms with Crippen LogP contribution in [0.25, 0.3) is 0 Å². The standard InChI is InChI=1S/C25H46N2O2/c1-3-4-5-6-7-8-9-10-11-12-13-14-15-16-17-18-23-29-25(28)19-21-27-22-20-26-24(27)2/h20,22H,3-19,21,23H2,1-2H3. The molecule has 0 unspecified atom stereocenters. The van der Waals surface area contributed by atoms with Crippen LogP contribution in [0.1, 0.15) is 122 Å². The van der Waals surface area contributed by atoms with E-state index in [2.05, 4.69) is 11.9 Å². The summed E-state index contributed by atoms with van der Waals surface area (Å²) in [5, 5.41) is 0. The van der Waals surface area contributed by atoms with Crippen LogP contribution < -0.4 is 0 Å². The van der Waals surface area contributed by atoms with Crippen LogP contribution in [0.5, 0.6) is 0 Å². The zero-order chi connectivity index (χ0) is 21.0. The molecule has 1 aromatic rings. The van der Waals surface area contributed by atoms with E-state index in [0.29, 0.717) is 19.6 Å². The monoisotopic (exact) mass is 406 g/mol. The van der Waals surface area contributed by atoms with Gasteiger partial charge in [0.1, 0.15) is 5.82 Å². The molecule has 0 atom stereocenters. The number of rotatable bonds is 20. The molecule has 0 bridgehead atoms. The number of nitrogens with zero attached hydrogens (tertiary/aromatic N) is 2.